The van der Waals surface area contributed by atoms with Crippen molar-refractivity contribution < 1.29 is 14.8 Å². The zero-order valence-electron chi connectivity index (χ0n) is 12.1. The summed E-state index contributed by atoms with van der Waals surface area (Å²) in [6, 6.07) is 3.66. The van der Waals surface area contributed by atoms with Crippen molar-refractivity contribution in [3.05, 3.63) is 29.9 Å². The van der Waals surface area contributed by atoms with Crippen LogP contribution in [-0.2, 0) is 4.65 Å². The molecule has 2 heterocycles. The number of hydrogen-bond donors (Lipinski definition) is 2. The van der Waals surface area contributed by atoms with Crippen LogP contribution in [0.25, 0.3) is 5.69 Å². The molecule has 0 aliphatic heterocycles. The molecule has 0 bridgehead atoms. The Bertz CT molecular complexity index is 560. The van der Waals surface area contributed by atoms with E-state index in [4.69, 9.17) is 4.65 Å². The van der Waals surface area contributed by atoms with Crippen LogP contribution in [0.1, 0.15) is 27.7 Å². The van der Waals surface area contributed by atoms with E-state index < -0.39 is 18.3 Å². The van der Waals surface area contributed by atoms with E-state index in [2.05, 4.69) is 5.10 Å². The molecule has 0 spiro atoms. The molecule has 5 nitrogen and oxygen atoms in total. The molecule has 0 atom stereocenters. The van der Waals surface area contributed by atoms with E-state index in [-0.39, 0.29) is 0 Å². The molecule has 0 radical (unpaired) electrons. The lowest BCUT2D eigenvalue weighted by atomic mass is 9.82. The quantitative estimate of drug-likeness (QED) is 0.813. The van der Waals surface area contributed by atoms with Gasteiger partial charge in [-0.1, -0.05) is 0 Å². The van der Waals surface area contributed by atoms with Gasteiger partial charge in [0.15, 0.2) is 0 Å². The van der Waals surface area contributed by atoms with Gasteiger partial charge in [0.2, 0.25) is 0 Å². The maximum Gasteiger partial charge on any atom is 0.502 e. The third-order valence-electron chi connectivity index (χ3n) is 3.50. The molecule has 0 aliphatic carbocycles. The topological polar surface area (TPSA) is 67.5 Å². The second-order valence-corrected chi connectivity index (χ2v) is 6.64. The van der Waals surface area contributed by atoms with E-state index >= 15 is 0 Å². The fourth-order valence-corrected chi connectivity index (χ4v) is 2.28. The van der Waals surface area contributed by atoms with Gasteiger partial charge in [-0.3, -0.25) is 0 Å². The largest absolute Gasteiger partial charge is 0.502 e. The lowest BCUT2D eigenvalue weighted by molar-refractivity contribution is -0.0981. The first-order valence-corrected chi connectivity index (χ1v) is 7.25. The first kappa shape index (κ1) is 15.2. The minimum absolute atomic E-state index is 0.674. The van der Waals surface area contributed by atoms with E-state index in [0.717, 1.165) is 5.69 Å². The van der Waals surface area contributed by atoms with Gasteiger partial charge < -0.3 is 14.8 Å². The Morgan fingerprint density at radius 2 is 2.05 bits per heavy atom. The zero-order chi connectivity index (χ0) is 15.0. The first-order chi connectivity index (χ1) is 9.21. The van der Waals surface area contributed by atoms with Crippen molar-refractivity contribution in [1.82, 2.24) is 9.78 Å². The van der Waals surface area contributed by atoms with Crippen LogP contribution >= 0.6 is 11.3 Å². The van der Waals surface area contributed by atoms with Gasteiger partial charge in [-0.25, -0.2) is 4.68 Å². The van der Waals surface area contributed by atoms with Crippen LogP contribution in [0.4, 0.5) is 0 Å². The summed E-state index contributed by atoms with van der Waals surface area (Å²) in [5, 5.41) is 26.3. The highest BCUT2D eigenvalue weighted by Gasteiger charge is 2.39. The lowest BCUT2D eigenvalue weighted by Crippen LogP contribution is -2.52. The van der Waals surface area contributed by atoms with Crippen LogP contribution in [0.2, 0.25) is 0 Å². The predicted octanol–water partition coefficient (Wildman–Crippen LogP) is 1.19. The third kappa shape index (κ3) is 3.12. The Morgan fingerprint density at radius 3 is 2.60 bits per heavy atom. The molecular weight excluding hydrogens is 275 g/mol. The van der Waals surface area contributed by atoms with Crippen molar-refractivity contribution >= 4 is 23.2 Å². The molecule has 2 N–H and O–H groups in total. The van der Waals surface area contributed by atoms with Gasteiger partial charge in [-0.05, 0) is 39.8 Å². The molecule has 2 rings (SSSR count). The maximum atomic E-state index is 10.2. The Labute approximate surface area is 123 Å². The minimum atomic E-state index is -1.08. The van der Waals surface area contributed by atoms with E-state index in [9.17, 15) is 10.1 Å². The predicted molar refractivity (Wildman–Crippen MR) is 80.5 cm³/mol. The van der Waals surface area contributed by atoms with Crippen molar-refractivity contribution in [3.8, 4) is 5.69 Å². The average Bonchev–Trinajstić information content (AvgIpc) is 2.98. The molecule has 0 saturated heterocycles. The Kier molecular flexibility index (Phi) is 4.06. The fourth-order valence-electron chi connectivity index (χ4n) is 1.49. The number of rotatable bonds is 5. The lowest BCUT2D eigenvalue weighted by Gasteiger charge is -2.38. The van der Waals surface area contributed by atoms with Crippen molar-refractivity contribution in [2.75, 3.05) is 0 Å². The molecule has 2 aromatic rings. The van der Waals surface area contributed by atoms with Crippen molar-refractivity contribution in [3.63, 3.8) is 0 Å². The highest BCUT2D eigenvalue weighted by atomic mass is 32.1. The summed E-state index contributed by atoms with van der Waals surface area (Å²) in [6.07, 6.45) is 3.53. The highest BCUT2D eigenvalue weighted by molar-refractivity contribution is 7.20. The van der Waals surface area contributed by atoms with Crippen molar-refractivity contribution in [2.24, 2.45) is 0 Å². The Balaban J connectivity index is 2.13. The first-order valence-electron chi connectivity index (χ1n) is 6.37. The van der Waals surface area contributed by atoms with Crippen LogP contribution in [0.5, 0.6) is 0 Å². The van der Waals surface area contributed by atoms with Gasteiger partial charge in [-0.15, -0.1) is 0 Å². The summed E-state index contributed by atoms with van der Waals surface area (Å²) < 4.78 is 8.00. The average molecular weight is 294 g/mol. The highest BCUT2D eigenvalue weighted by Crippen LogP contribution is 2.25. The number of aromatic nitrogens is 2. The van der Waals surface area contributed by atoms with Crippen LogP contribution in [0, 0.1) is 0 Å². The molecule has 0 unspecified atom stereocenters. The second kappa shape index (κ2) is 5.33. The number of thiophene rings is 1. The minimum Gasteiger partial charge on any atom is -0.423 e. The van der Waals surface area contributed by atoms with Crippen LogP contribution < -0.4 is 4.78 Å². The molecule has 0 aliphatic rings. The van der Waals surface area contributed by atoms with Crippen LogP contribution in [-0.4, -0.2) is 38.2 Å². The summed E-state index contributed by atoms with van der Waals surface area (Å²) in [4.78, 5) is 0. The Hall–Kier alpha value is -1.15. The molecular formula is C13H19BN2O3S. The third-order valence-corrected chi connectivity index (χ3v) is 4.45. The molecule has 2 aromatic heterocycles. The van der Waals surface area contributed by atoms with Gasteiger partial charge >= 0.3 is 7.12 Å². The molecule has 108 valence electrons. The zero-order valence-corrected chi connectivity index (χ0v) is 12.9. The summed E-state index contributed by atoms with van der Waals surface area (Å²) in [5.41, 5.74) is -1.06. The fraction of sp³-hybridized carbons (Fsp3) is 0.462. The van der Waals surface area contributed by atoms with E-state index in [0.29, 0.717) is 4.78 Å². The summed E-state index contributed by atoms with van der Waals surface area (Å²) in [6.45, 7) is 6.81. The monoisotopic (exact) mass is 294 g/mol. The van der Waals surface area contributed by atoms with Gasteiger partial charge in [-0.2, -0.15) is 16.4 Å². The van der Waals surface area contributed by atoms with E-state index in [1.54, 1.807) is 38.6 Å². The smallest absolute Gasteiger partial charge is 0.423 e. The molecule has 0 aromatic carbocycles. The summed E-state index contributed by atoms with van der Waals surface area (Å²) >= 11 is 1.39. The summed E-state index contributed by atoms with van der Waals surface area (Å²) in [5.74, 6) is 0. The molecule has 20 heavy (non-hydrogen) atoms. The molecule has 0 amide bonds. The van der Waals surface area contributed by atoms with Crippen LogP contribution in [0.15, 0.2) is 29.9 Å². The van der Waals surface area contributed by atoms with Crippen molar-refractivity contribution in [1.29, 1.82) is 0 Å². The van der Waals surface area contributed by atoms with E-state index in [1.807, 2.05) is 23.7 Å². The summed E-state index contributed by atoms with van der Waals surface area (Å²) in [7, 11) is -1.08. The number of hydrogen-bond acceptors (Lipinski definition) is 5. The second-order valence-electron chi connectivity index (χ2n) is 5.70. The van der Waals surface area contributed by atoms with Gasteiger partial charge in [0, 0.05) is 22.6 Å². The van der Waals surface area contributed by atoms with Crippen molar-refractivity contribution in [2.45, 2.75) is 38.9 Å². The number of aliphatic hydroxyl groups is 1. The van der Waals surface area contributed by atoms with E-state index in [1.165, 1.54) is 11.3 Å². The molecule has 0 saturated carbocycles. The Morgan fingerprint density at radius 1 is 1.35 bits per heavy atom. The van der Waals surface area contributed by atoms with Gasteiger partial charge in [0.1, 0.15) is 0 Å². The molecule has 0 fully saturated rings. The van der Waals surface area contributed by atoms with Crippen LogP contribution in [0.3, 0.4) is 0 Å². The van der Waals surface area contributed by atoms with Gasteiger partial charge in [0.05, 0.1) is 16.9 Å². The standard InChI is InChI=1S/C13H19BN2O3S/c1-12(2,17)13(3,4)19-14(18)11-8-10(9-20-11)16-7-5-6-15-16/h5-9,17-18H,1-4H3. The molecule has 7 heteroatoms. The number of nitrogens with zero attached hydrogens (tertiary/aromatic N) is 2. The normalized spacial score (nSPS) is 12.7. The maximum absolute atomic E-state index is 10.2. The SMILES string of the molecule is CC(C)(O)C(C)(C)OB(O)c1cc(-n2cccn2)cs1. The van der Waals surface area contributed by atoms with Gasteiger partial charge in [0.25, 0.3) is 0 Å².